The van der Waals surface area contributed by atoms with Crippen molar-refractivity contribution >= 4 is 46.7 Å². The van der Waals surface area contributed by atoms with E-state index in [1.165, 1.54) is 12.1 Å². The molecule has 0 radical (unpaired) electrons. The highest BCUT2D eigenvalue weighted by molar-refractivity contribution is 7.52. The van der Waals surface area contributed by atoms with E-state index in [0.717, 1.165) is 29.9 Å². The molecule has 4 rings (SSSR count). The highest BCUT2D eigenvalue weighted by Crippen LogP contribution is 2.59. The Balaban J connectivity index is 1.54. The van der Waals surface area contributed by atoms with Crippen molar-refractivity contribution in [2.75, 3.05) is 32.8 Å². The second kappa shape index (κ2) is 11.4. The van der Waals surface area contributed by atoms with Gasteiger partial charge in [-0.1, -0.05) is 26.8 Å². The minimum Gasteiger partial charge on any atom is -0.380 e. The van der Waals surface area contributed by atoms with Crippen molar-refractivity contribution in [3.05, 3.63) is 34.7 Å². The van der Waals surface area contributed by atoms with Crippen molar-refractivity contribution in [1.82, 2.24) is 15.1 Å². The molecule has 2 aliphatic rings. The summed E-state index contributed by atoms with van der Waals surface area (Å²) in [5.41, 5.74) is -5.95. The molecular weight excluding hydrogens is 567 g/mol. The zero-order valence-corrected chi connectivity index (χ0v) is 24.3. The fourth-order valence-corrected chi connectivity index (χ4v) is 6.41. The number of nitrogens with one attached hydrogen (secondary N) is 1. The van der Waals surface area contributed by atoms with Gasteiger partial charge in [0, 0.05) is 36.5 Å². The fraction of sp³-hybridized carbons (Fsp3) is 0.577. The number of likely N-dealkylation sites (tertiary alicyclic amines) is 1. The molecule has 2 saturated heterocycles. The number of rotatable bonds is 6. The number of benzene rings is 1. The van der Waals surface area contributed by atoms with Crippen molar-refractivity contribution in [2.24, 2.45) is 5.41 Å². The van der Waals surface area contributed by atoms with Crippen LogP contribution in [0.4, 0.5) is 8.78 Å². The Labute approximate surface area is 234 Å². The molecule has 220 valence electrons. The van der Waals surface area contributed by atoms with Gasteiger partial charge in [-0.3, -0.25) is 18.9 Å². The molecule has 0 bridgehead atoms. The average Bonchev–Trinajstić information content (AvgIpc) is 3.44. The van der Waals surface area contributed by atoms with Gasteiger partial charge in [0.2, 0.25) is 11.8 Å². The third-order valence-corrected chi connectivity index (χ3v) is 9.30. The molecule has 3 heterocycles. The molecule has 0 spiro atoms. The first-order valence-electron chi connectivity index (χ1n) is 13.1. The third-order valence-electron chi connectivity index (χ3n) is 7.20. The Kier molecular flexibility index (Phi) is 8.73. The number of nitrogens with zero attached hydrogens (tertiary/aromatic N) is 2. The summed E-state index contributed by atoms with van der Waals surface area (Å²) in [6.45, 7) is 7.85. The first-order chi connectivity index (χ1) is 18.6. The van der Waals surface area contributed by atoms with Crippen LogP contribution in [0.1, 0.15) is 55.3 Å². The molecule has 2 unspecified atom stereocenters. The first kappa shape index (κ1) is 30.5. The predicted molar refractivity (Wildman–Crippen MR) is 145 cm³/mol. The van der Waals surface area contributed by atoms with Gasteiger partial charge in [0.15, 0.2) is 0 Å². The molecule has 2 aromatic rings. The summed E-state index contributed by atoms with van der Waals surface area (Å²) in [5, 5.41) is 3.01. The van der Waals surface area contributed by atoms with Crippen LogP contribution in [0.3, 0.4) is 0 Å². The van der Waals surface area contributed by atoms with E-state index in [-0.39, 0.29) is 22.1 Å². The van der Waals surface area contributed by atoms with Crippen LogP contribution in [-0.2, 0) is 24.6 Å². The molecule has 3 N–H and O–H groups in total. The maximum absolute atomic E-state index is 14.2. The lowest BCUT2D eigenvalue weighted by atomic mass is 9.85. The number of thiophene rings is 1. The van der Waals surface area contributed by atoms with Crippen molar-refractivity contribution < 1.29 is 42.3 Å². The van der Waals surface area contributed by atoms with E-state index in [4.69, 9.17) is 14.5 Å². The van der Waals surface area contributed by atoms with E-state index in [2.05, 4.69) is 5.32 Å². The molecule has 40 heavy (non-hydrogen) atoms. The molecule has 1 aromatic heterocycles. The molecule has 10 nitrogen and oxygen atoms in total. The third kappa shape index (κ3) is 6.23. The van der Waals surface area contributed by atoms with Gasteiger partial charge in [0.1, 0.15) is 12.1 Å². The number of carbonyl (C=O) groups is 3. The Bertz CT molecular complexity index is 1330. The Morgan fingerprint density at radius 2 is 1.82 bits per heavy atom. The minimum atomic E-state index is -5.75. The average molecular weight is 602 g/mol. The molecule has 1 aromatic carbocycles. The van der Waals surface area contributed by atoms with Crippen LogP contribution < -0.4 is 5.32 Å². The van der Waals surface area contributed by atoms with E-state index < -0.39 is 42.2 Å². The molecule has 3 amide bonds. The Morgan fingerprint density at radius 3 is 2.50 bits per heavy atom. The van der Waals surface area contributed by atoms with Gasteiger partial charge in [0.05, 0.1) is 11.5 Å². The first-order valence-corrected chi connectivity index (χ1v) is 15.5. The summed E-state index contributed by atoms with van der Waals surface area (Å²) in [7, 11) is -5.75. The summed E-state index contributed by atoms with van der Waals surface area (Å²) < 4.78 is 45.6. The van der Waals surface area contributed by atoms with Crippen LogP contribution in [0.15, 0.2) is 24.3 Å². The van der Waals surface area contributed by atoms with E-state index >= 15 is 0 Å². The van der Waals surface area contributed by atoms with Crippen LogP contribution in [0.2, 0.25) is 0 Å². The highest BCUT2D eigenvalue weighted by atomic mass is 32.1. The SMILES string of the molecule is CC(C)(C)C(NC(=O)c1cc2cc(C(F)(F)P(=O)(O)O)ccc2s1)C(=O)N1CCCC1C(=O)N1CCCOCC1. The monoisotopic (exact) mass is 601 g/mol. The standard InChI is InChI=1S/C26H34F2N3O7PS/c1-25(2,3)21(24(34)31-10-4-6-18(31)23(33)30-9-5-12-38-13-11-30)29-22(32)20-15-16-14-17(7-8-19(16)40-20)26(27,28)39(35,36)37/h7-8,14-15,18,21H,4-6,9-13H2,1-3H3,(H,29,32)(H2,35,36,37). The number of halogens is 2. The van der Waals surface area contributed by atoms with Gasteiger partial charge in [-0.2, -0.15) is 8.78 Å². The lowest BCUT2D eigenvalue weighted by Gasteiger charge is -2.36. The van der Waals surface area contributed by atoms with Gasteiger partial charge in [-0.15, -0.1) is 11.3 Å². The van der Waals surface area contributed by atoms with Gasteiger partial charge in [-0.25, -0.2) is 0 Å². The smallest absolute Gasteiger partial charge is 0.380 e. The van der Waals surface area contributed by atoms with Crippen LogP contribution in [0.25, 0.3) is 10.1 Å². The summed E-state index contributed by atoms with van der Waals surface area (Å²) in [6.07, 6.45) is 1.92. The summed E-state index contributed by atoms with van der Waals surface area (Å²) in [6, 6.07) is 2.90. The van der Waals surface area contributed by atoms with Crippen LogP contribution in [0.5, 0.6) is 0 Å². The second-order valence-electron chi connectivity index (χ2n) is 11.2. The quantitative estimate of drug-likeness (QED) is 0.431. The number of carbonyl (C=O) groups excluding carboxylic acids is 3. The maximum atomic E-state index is 14.2. The lowest BCUT2D eigenvalue weighted by molar-refractivity contribution is -0.146. The molecule has 2 fully saturated rings. The predicted octanol–water partition coefficient (Wildman–Crippen LogP) is 3.51. The summed E-state index contributed by atoms with van der Waals surface area (Å²) in [4.78, 5) is 62.0. The Hall–Kier alpha value is -2.44. The summed E-state index contributed by atoms with van der Waals surface area (Å²) in [5.74, 6) is -1.08. The lowest BCUT2D eigenvalue weighted by Crippen LogP contribution is -2.58. The minimum absolute atomic E-state index is 0.122. The van der Waals surface area contributed by atoms with E-state index in [1.807, 2.05) is 0 Å². The van der Waals surface area contributed by atoms with Crippen molar-refractivity contribution in [3.8, 4) is 0 Å². The molecule has 14 heteroatoms. The Morgan fingerprint density at radius 1 is 1.10 bits per heavy atom. The number of alkyl halides is 2. The summed E-state index contributed by atoms with van der Waals surface area (Å²) >= 11 is 1.01. The van der Waals surface area contributed by atoms with Gasteiger partial charge in [-0.05, 0) is 48.3 Å². The number of fused-ring (bicyclic) bond motifs is 1. The molecule has 2 atom stereocenters. The van der Waals surface area contributed by atoms with Crippen molar-refractivity contribution in [1.29, 1.82) is 0 Å². The fourth-order valence-electron chi connectivity index (χ4n) is 4.99. The van der Waals surface area contributed by atoms with Crippen molar-refractivity contribution in [3.63, 3.8) is 0 Å². The van der Waals surface area contributed by atoms with Crippen LogP contribution in [0, 0.1) is 5.41 Å². The molecular formula is C26H34F2N3O7PS. The van der Waals surface area contributed by atoms with Crippen LogP contribution >= 0.6 is 18.9 Å². The van der Waals surface area contributed by atoms with E-state index in [0.29, 0.717) is 50.4 Å². The van der Waals surface area contributed by atoms with Crippen molar-refractivity contribution in [2.45, 2.75) is 57.8 Å². The topological polar surface area (TPSA) is 136 Å². The van der Waals surface area contributed by atoms with Gasteiger partial charge in [0.25, 0.3) is 5.91 Å². The highest BCUT2D eigenvalue weighted by Gasteiger charge is 2.50. The largest absolute Gasteiger partial charge is 0.399 e. The van der Waals surface area contributed by atoms with Gasteiger partial charge < -0.3 is 29.6 Å². The normalized spacial score (nSPS) is 19.9. The number of amides is 3. The molecule has 0 aliphatic carbocycles. The van der Waals surface area contributed by atoms with E-state index in [1.54, 1.807) is 30.6 Å². The zero-order valence-electron chi connectivity index (χ0n) is 22.6. The number of hydrogen-bond donors (Lipinski definition) is 3. The maximum Gasteiger partial charge on any atom is 0.399 e. The molecule has 2 aliphatic heterocycles. The molecule has 0 saturated carbocycles. The van der Waals surface area contributed by atoms with Crippen LogP contribution in [-0.4, -0.2) is 82.2 Å². The van der Waals surface area contributed by atoms with E-state index in [9.17, 15) is 27.7 Å². The second-order valence-corrected chi connectivity index (χ2v) is 13.9. The van der Waals surface area contributed by atoms with Gasteiger partial charge >= 0.3 is 13.3 Å². The number of ether oxygens (including phenoxy) is 1. The number of hydrogen-bond acceptors (Lipinski definition) is 6. The zero-order chi connectivity index (χ0) is 29.5.